The summed E-state index contributed by atoms with van der Waals surface area (Å²) in [6, 6.07) is 20.6. The van der Waals surface area contributed by atoms with E-state index in [-0.39, 0.29) is 23.1 Å². The van der Waals surface area contributed by atoms with Crippen LogP contribution in [0.15, 0.2) is 78.0 Å². The van der Waals surface area contributed by atoms with Crippen molar-refractivity contribution in [2.24, 2.45) is 7.05 Å². The van der Waals surface area contributed by atoms with Crippen LogP contribution in [0.1, 0.15) is 20.7 Å². The lowest BCUT2D eigenvalue weighted by Crippen LogP contribution is -2.17. The SMILES string of the molecule is COC(=O)c1ccccc1NC(=O)CSc1nnc(-c2ccc(NC(=O)c3ccccc3Cl)cc2)n1C. The van der Waals surface area contributed by atoms with E-state index in [0.717, 1.165) is 5.56 Å². The Morgan fingerprint density at radius 2 is 1.59 bits per heavy atom. The molecule has 1 heterocycles. The third-order valence-corrected chi connectivity index (χ3v) is 6.64. The summed E-state index contributed by atoms with van der Waals surface area (Å²) in [6.07, 6.45) is 0. The number of hydrogen-bond acceptors (Lipinski definition) is 7. The van der Waals surface area contributed by atoms with Gasteiger partial charge in [-0.05, 0) is 48.5 Å². The second-order valence-corrected chi connectivity index (χ2v) is 9.10. The molecule has 0 radical (unpaired) electrons. The van der Waals surface area contributed by atoms with E-state index < -0.39 is 5.97 Å². The molecule has 37 heavy (non-hydrogen) atoms. The van der Waals surface area contributed by atoms with Gasteiger partial charge < -0.3 is 19.9 Å². The number of benzene rings is 3. The topological polar surface area (TPSA) is 115 Å². The van der Waals surface area contributed by atoms with Crippen molar-refractivity contribution in [1.82, 2.24) is 14.8 Å². The third-order valence-electron chi connectivity index (χ3n) is 5.29. The van der Waals surface area contributed by atoms with Gasteiger partial charge in [0.05, 0.1) is 34.7 Å². The number of halogens is 1. The second-order valence-electron chi connectivity index (χ2n) is 7.75. The van der Waals surface area contributed by atoms with Gasteiger partial charge in [-0.3, -0.25) is 9.59 Å². The normalized spacial score (nSPS) is 10.6. The first-order valence-electron chi connectivity index (χ1n) is 11.0. The fraction of sp³-hybridized carbons (Fsp3) is 0.115. The van der Waals surface area contributed by atoms with Crippen molar-refractivity contribution >= 4 is 52.5 Å². The number of esters is 1. The van der Waals surface area contributed by atoms with Crippen molar-refractivity contribution in [3.63, 3.8) is 0 Å². The van der Waals surface area contributed by atoms with Crippen LogP contribution >= 0.6 is 23.4 Å². The van der Waals surface area contributed by atoms with Gasteiger partial charge in [0.25, 0.3) is 5.91 Å². The van der Waals surface area contributed by atoms with Gasteiger partial charge in [0, 0.05) is 18.3 Å². The number of anilines is 2. The van der Waals surface area contributed by atoms with Crippen LogP contribution in [0.3, 0.4) is 0 Å². The average molecular weight is 536 g/mol. The lowest BCUT2D eigenvalue weighted by atomic mass is 10.1. The molecule has 188 valence electrons. The van der Waals surface area contributed by atoms with Gasteiger partial charge in [0.1, 0.15) is 0 Å². The van der Waals surface area contributed by atoms with Gasteiger partial charge in [-0.1, -0.05) is 47.6 Å². The van der Waals surface area contributed by atoms with Crippen LogP contribution in [0, 0.1) is 0 Å². The molecule has 0 bridgehead atoms. The average Bonchev–Trinajstić information content (AvgIpc) is 3.28. The van der Waals surface area contributed by atoms with E-state index in [4.69, 9.17) is 16.3 Å². The molecule has 2 N–H and O–H groups in total. The maximum Gasteiger partial charge on any atom is 0.339 e. The Kier molecular flexibility index (Phi) is 8.22. The zero-order valence-corrected chi connectivity index (χ0v) is 21.5. The molecule has 0 saturated heterocycles. The molecule has 0 aliphatic heterocycles. The van der Waals surface area contributed by atoms with Gasteiger partial charge in [-0.2, -0.15) is 0 Å². The minimum atomic E-state index is -0.532. The van der Waals surface area contributed by atoms with E-state index in [1.165, 1.54) is 18.9 Å². The molecular formula is C26H22ClN5O4S. The van der Waals surface area contributed by atoms with Gasteiger partial charge in [0.15, 0.2) is 11.0 Å². The summed E-state index contributed by atoms with van der Waals surface area (Å²) in [6.45, 7) is 0. The molecule has 0 unspecified atom stereocenters. The Labute approximate surface area is 222 Å². The third kappa shape index (κ3) is 6.16. The van der Waals surface area contributed by atoms with E-state index in [2.05, 4.69) is 20.8 Å². The van der Waals surface area contributed by atoms with Crippen LogP contribution in [0.25, 0.3) is 11.4 Å². The lowest BCUT2D eigenvalue weighted by molar-refractivity contribution is -0.113. The lowest BCUT2D eigenvalue weighted by Gasteiger charge is -2.09. The minimum absolute atomic E-state index is 0.0640. The van der Waals surface area contributed by atoms with E-state index in [1.807, 2.05) is 12.1 Å². The molecule has 0 fully saturated rings. The fourth-order valence-electron chi connectivity index (χ4n) is 3.43. The van der Waals surface area contributed by atoms with E-state index in [9.17, 15) is 14.4 Å². The van der Waals surface area contributed by atoms with Crippen molar-refractivity contribution in [2.75, 3.05) is 23.5 Å². The van der Waals surface area contributed by atoms with Crippen molar-refractivity contribution < 1.29 is 19.1 Å². The van der Waals surface area contributed by atoms with Crippen LogP contribution in [-0.2, 0) is 16.6 Å². The molecule has 4 rings (SSSR count). The van der Waals surface area contributed by atoms with Crippen LogP contribution < -0.4 is 10.6 Å². The zero-order chi connectivity index (χ0) is 26.4. The fourth-order valence-corrected chi connectivity index (χ4v) is 4.37. The maximum atomic E-state index is 12.5. The van der Waals surface area contributed by atoms with Gasteiger partial charge in [-0.15, -0.1) is 10.2 Å². The summed E-state index contributed by atoms with van der Waals surface area (Å²) in [5.74, 6) is -0.472. The van der Waals surface area contributed by atoms with Crippen LogP contribution in [0.2, 0.25) is 5.02 Å². The highest BCUT2D eigenvalue weighted by Crippen LogP contribution is 2.25. The number of carbonyl (C=O) groups excluding carboxylic acids is 3. The van der Waals surface area contributed by atoms with E-state index in [1.54, 1.807) is 72.3 Å². The van der Waals surface area contributed by atoms with Gasteiger partial charge in [0.2, 0.25) is 5.91 Å². The predicted octanol–water partition coefficient (Wildman–Crippen LogP) is 4.91. The van der Waals surface area contributed by atoms with Crippen molar-refractivity contribution in [2.45, 2.75) is 5.16 Å². The molecule has 3 aromatic carbocycles. The highest BCUT2D eigenvalue weighted by Gasteiger charge is 2.16. The van der Waals surface area contributed by atoms with Crippen LogP contribution in [-0.4, -0.2) is 45.4 Å². The molecule has 0 aliphatic carbocycles. The minimum Gasteiger partial charge on any atom is -0.465 e. The monoisotopic (exact) mass is 535 g/mol. The molecule has 9 nitrogen and oxygen atoms in total. The van der Waals surface area contributed by atoms with Crippen molar-refractivity contribution in [1.29, 1.82) is 0 Å². The molecule has 0 aliphatic rings. The predicted molar refractivity (Wildman–Crippen MR) is 143 cm³/mol. The Morgan fingerprint density at radius 3 is 2.30 bits per heavy atom. The highest BCUT2D eigenvalue weighted by atomic mass is 35.5. The number of carbonyl (C=O) groups is 3. The smallest absolute Gasteiger partial charge is 0.339 e. The Hall–Kier alpha value is -4.15. The number of nitrogens with one attached hydrogen (secondary N) is 2. The molecule has 1 aromatic heterocycles. The number of ether oxygens (including phenoxy) is 1. The molecular weight excluding hydrogens is 514 g/mol. The Morgan fingerprint density at radius 1 is 0.919 bits per heavy atom. The summed E-state index contributed by atoms with van der Waals surface area (Å²) in [7, 11) is 3.09. The molecule has 0 spiro atoms. The second kappa shape index (κ2) is 11.7. The van der Waals surface area contributed by atoms with Gasteiger partial charge >= 0.3 is 5.97 Å². The number of methoxy groups -OCH3 is 1. The standard InChI is InChI=1S/C26H22ClN5O4S/c1-32-23(16-11-13-17(14-12-16)28-24(34)18-7-3-5-9-20(18)27)30-31-26(32)37-15-22(33)29-21-10-6-4-8-19(21)25(35)36-2/h3-14H,15H2,1-2H3,(H,28,34)(H,29,33). The number of hydrogen-bond donors (Lipinski definition) is 2. The number of thioether (sulfide) groups is 1. The number of aromatic nitrogens is 3. The van der Waals surface area contributed by atoms with Crippen molar-refractivity contribution in [3.8, 4) is 11.4 Å². The van der Waals surface area contributed by atoms with Crippen LogP contribution in [0.5, 0.6) is 0 Å². The van der Waals surface area contributed by atoms with E-state index in [0.29, 0.717) is 32.9 Å². The molecule has 0 saturated carbocycles. The molecule has 4 aromatic rings. The molecule has 0 atom stereocenters. The largest absolute Gasteiger partial charge is 0.465 e. The maximum absolute atomic E-state index is 12.5. The summed E-state index contributed by atoms with van der Waals surface area (Å²) in [5.41, 5.74) is 2.43. The van der Waals surface area contributed by atoms with E-state index >= 15 is 0 Å². The first-order chi connectivity index (χ1) is 17.9. The molecule has 2 amide bonds. The van der Waals surface area contributed by atoms with Crippen molar-refractivity contribution in [3.05, 3.63) is 88.9 Å². The summed E-state index contributed by atoms with van der Waals surface area (Å²) >= 11 is 7.31. The summed E-state index contributed by atoms with van der Waals surface area (Å²) < 4.78 is 6.53. The molecule has 11 heteroatoms. The van der Waals surface area contributed by atoms with Crippen LogP contribution in [0.4, 0.5) is 11.4 Å². The number of para-hydroxylation sites is 1. The summed E-state index contributed by atoms with van der Waals surface area (Å²) in [5, 5.41) is 14.9. The highest BCUT2D eigenvalue weighted by molar-refractivity contribution is 7.99. The zero-order valence-electron chi connectivity index (χ0n) is 19.9. The van der Waals surface area contributed by atoms with Gasteiger partial charge in [-0.25, -0.2) is 4.79 Å². The Bertz CT molecular complexity index is 1460. The first-order valence-corrected chi connectivity index (χ1v) is 12.4. The number of nitrogens with zero attached hydrogens (tertiary/aromatic N) is 3. The number of rotatable bonds is 8. The number of amides is 2. The first kappa shape index (κ1) is 25.9. The Balaban J connectivity index is 1.38. The summed E-state index contributed by atoms with van der Waals surface area (Å²) in [4.78, 5) is 36.9. The quantitative estimate of drug-likeness (QED) is 0.243.